The molecule has 4 rings (SSSR count). The molecule has 0 radical (unpaired) electrons. The van der Waals surface area contributed by atoms with Crippen molar-refractivity contribution in [2.75, 3.05) is 13.1 Å². The molecule has 0 spiro atoms. The lowest BCUT2D eigenvalue weighted by Gasteiger charge is -2.31. The minimum absolute atomic E-state index is 0.0792. The van der Waals surface area contributed by atoms with E-state index in [2.05, 4.69) is 19.8 Å². The predicted octanol–water partition coefficient (Wildman–Crippen LogP) is 4.05. The Morgan fingerprint density at radius 1 is 1.21 bits per heavy atom. The number of benzene rings is 1. The third-order valence-corrected chi connectivity index (χ3v) is 8.12. The SMILES string of the molecule is O=S(=O)(NC1CCN(Cc2nnc(-c3ccc(Cl)cc3Cl)o2)CC1)c1cccs1. The van der Waals surface area contributed by atoms with Crippen LogP contribution in [-0.4, -0.2) is 42.6 Å². The summed E-state index contributed by atoms with van der Waals surface area (Å²) in [5.41, 5.74) is 0.636. The van der Waals surface area contributed by atoms with Gasteiger partial charge in [0.15, 0.2) is 0 Å². The largest absolute Gasteiger partial charge is 0.419 e. The van der Waals surface area contributed by atoms with Crippen LogP contribution in [0, 0.1) is 0 Å². The zero-order valence-corrected chi connectivity index (χ0v) is 18.4. The molecule has 3 heterocycles. The maximum Gasteiger partial charge on any atom is 0.250 e. The zero-order chi connectivity index (χ0) is 20.4. The lowest BCUT2D eigenvalue weighted by Crippen LogP contribution is -2.44. The van der Waals surface area contributed by atoms with Crippen LogP contribution in [-0.2, 0) is 16.6 Å². The van der Waals surface area contributed by atoms with Crippen LogP contribution >= 0.6 is 34.5 Å². The molecule has 29 heavy (non-hydrogen) atoms. The number of piperidine rings is 1. The van der Waals surface area contributed by atoms with Gasteiger partial charge in [-0.2, -0.15) is 0 Å². The Bertz CT molecular complexity index is 1080. The average Bonchev–Trinajstić information content (AvgIpc) is 3.36. The van der Waals surface area contributed by atoms with Crippen LogP contribution in [0.3, 0.4) is 0 Å². The van der Waals surface area contributed by atoms with E-state index in [-0.39, 0.29) is 6.04 Å². The van der Waals surface area contributed by atoms with Gasteiger partial charge < -0.3 is 4.42 Å². The Labute approximate surface area is 182 Å². The highest BCUT2D eigenvalue weighted by Crippen LogP contribution is 2.29. The number of hydrogen-bond donors (Lipinski definition) is 1. The summed E-state index contributed by atoms with van der Waals surface area (Å²) in [5.74, 6) is 0.837. The van der Waals surface area contributed by atoms with Crippen molar-refractivity contribution in [3.8, 4) is 11.5 Å². The van der Waals surface area contributed by atoms with E-state index in [0.29, 0.717) is 51.0 Å². The summed E-state index contributed by atoms with van der Waals surface area (Å²) in [4.78, 5) is 2.16. The van der Waals surface area contributed by atoms with Gasteiger partial charge in [-0.05, 0) is 42.5 Å². The fraction of sp³-hybridized carbons (Fsp3) is 0.333. The molecule has 1 N–H and O–H groups in total. The minimum Gasteiger partial charge on any atom is -0.419 e. The van der Waals surface area contributed by atoms with Crippen LogP contribution in [0.25, 0.3) is 11.5 Å². The quantitative estimate of drug-likeness (QED) is 0.581. The van der Waals surface area contributed by atoms with E-state index in [1.54, 1.807) is 35.7 Å². The zero-order valence-electron chi connectivity index (χ0n) is 15.2. The van der Waals surface area contributed by atoms with Crippen molar-refractivity contribution in [2.45, 2.75) is 29.6 Å². The van der Waals surface area contributed by atoms with Crippen LogP contribution < -0.4 is 4.72 Å². The maximum atomic E-state index is 12.4. The molecule has 1 fully saturated rings. The highest BCUT2D eigenvalue weighted by molar-refractivity contribution is 7.91. The van der Waals surface area contributed by atoms with Gasteiger partial charge in [-0.1, -0.05) is 29.3 Å². The second-order valence-electron chi connectivity index (χ2n) is 6.73. The van der Waals surface area contributed by atoms with Crippen LogP contribution in [0.15, 0.2) is 44.3 Å². The molecule has 0 unspecified atom stereocenters. The lowest BCUT2D eigenvalue weighted by atomic mass is 10.1. The molecule has 1 aliphatic heterocycles. The summed E-state index contributed by atoms with van der Waals surface area (Å²) in [6.07, 6.45) is 1.43. The number of halogens is 2. The lowest BCUT2D eigenvalue weighted by molar-refractivity contribution is 0.184. The van der Waals surface area contributed by atoms with Gasteiger partial charge in [-0.25, -0.2) is 13.1 Å². The van der Waals surface area contributed by atoms with Gasteiger partial charge in [0.05, 0.1) is 17.1 Å². The molecular weight excluding hydrogens is 455 g/mol. The molecule has 3 aromatic rings. The topological polar surface area (TPSA) is 88.3 Å². The first-order chi connectivity index (χ1) is 13.9. The maximum absolute atomic E-state index is 12.4. The molecule has 0 saturated carbocycles. The number of likely N-dealkylation sites (tertiary alicyclic amines) is 1. The molecule has 0 amide bonds. The van der Waals surface area contributed by atoms with Crippen molar-refractivity contribution in [1.82, 2.24) is 19.8 Å². The Balaban J connectivity index is 1.33. The van der Waals surface area contributed by atoms with E-state index in [9.17, 15) is 8.42 Å². The molecule has 0 aliphatic carbocycles. The summed E-state index contributed by atoms with van der Waals surface area (Å²) >= 11 is 13.3. The average molecular weight is 473 g/mol. The van der Waals surface area contributed by atoms with Crippen molar-refractivity contribution >= 4 is 44.6 Å². The summed E-state index contributed by atoms with van der Waals surface area (Å²) < 4.78 is 33.6. The summed E-state index contributed by atoms with van der Waals surface area (Å²) in [5, 5.41) is 10.9. The standard InChI is InChI=1S/C18H18Cl2N4O3S2/c19-12-3-4-14(15(20)10-12)18-22-21-16(27-18)11-24-7-5-13(6-8-24)23-29(25,26)17-2-1-9-28-17/h1-4,9-10,13,23H,5-8,11H2. The number of hydrogen-bond acceptors (Lipinski definition) is 7. The highest BCUT2D eigenvalue weighted by Gasteiger charge is 2.26. The molecule has 1 saturated heterocycles. The summed E-state index contributed by atoms with van der Waals surface area (Å²) in [7, 11) is -3.44. The predicted molar refractivity (Wildman–Crippen MR) is 113 cm³/mol. The van der Waals surface area contributed by atoms with E-state index in [0.717, 1.165) is 13.1 Å². The minimum atomic E-state index is -3.44. The second-order valence-corrected chi connectivity index (χ2v) is 10.5. The highest BCUT2D eigenvalue weighted by atomic mass is 35.5. The number of aromatic nitrogens is 2. The fourth-order valence-corrected chi connectivity index (χ4v) is 5.99. The van der Waals surface area contributed by atoms with Crippen LogP contribution in [0.2, 0.25) is 10.0 Å². The van der Waals surface area contributed by atoms with Gasteiger partial charge >= 0.3 is 0 Å². The molecule has 11 heteroatoms. The number of nitrogens with one attached hydrogen (secondary N) is 1. The number of rotatable bonds is 6. The molecule has 0 bridgehead atoms. The van der Waals surface area contributed by atoms with Crippen LogP contribution in [0.5, 0.6) is 0 Å². The van der Waals surface area contributed by atoms with Crippen molar-refractivity contribution in [3.05, 3.63) is 51.6 Å². The monoisotopic (exact) mass is 472 g/mol. The van der Waals surface area contributed by atoms with Crippen LogP contribution in [0.4, 0.5) is 0 Å². The van der Waals surface area contributed by atoms with Gasteiger partial charge in [0, 0.05) is 24.2 Å². The molecule has 1 aromatic carbocycles. The Kier molecular flexibility index (Phi) is 6.24. The Morgan fingerprint density at radius 3 is 2.69 bits per heavy atom. The molecule has 2 aromatic heterocycles. The Hall–Kier alpha value is -1.49. The normalized spacial score (nSPS) is 16.3. The molecule has 7 nitrogen and oxygen atoms in total. The van der Waals surface area contributed by atoms with E-state index in [1.165, 1.54) is 11.3 Å². The van der Waals surface area contributed by atoms with Crippen molar-refractivity contribution in [1.29, 1.82) is 0 Å². The second kappa shape index (κ2) is 8.71. The van der Waals surface area contributed by atoms with Gasteiger partial charge in [0.25, 0.3) is 0 Å². The summed E-state index contributed by atoms with van der Waals surface area (Å²) in [6, 6.07) is 8.36. The van der Waals surface area contributed by atoms with Gasteiger partial charge in [-0.15, -0.1) is 21.5 Å². The van der Waals surface area contributed by atoms with Crippen molar-refractivity contribution < 1.29 is 12.8 Å². The third kappa shape index (κ3) is 4.99. The van der Waals surface area contributed by atoms with Gasteiger partial charge in [0.2, 0.25) is 21.8 Å². The fourth-order valence-electron chi connectivity index (χ4n) is 3.18. The van der Waals surface area contributed by atoms with Crippen molar-refractivity contribution in [2.24, 2.45) is 0 Å². The molecule has 1 aliphatic rings. The van der Waals surface area contributed by atoms with Gasteiger partial charge in [0.1, 0.15) is 4.21 Å². The van der Waals surface area contributed by atoms with E-state index in [4.69, 9.17) is 27.6 Å². The third-order valence-electron chi connectivity index (χ3n) is 4.66. The first-order valence-corrected chi connectivity index (χ1v) is 12.1. The van der Waals surface area contributed by atoms with E-state index < -0.39 is 10.0 Å². The van der Waals surface area contributed by atoms with E-state index in [1.807, 2.05) is 0 Å². The van der Waals surface area contributed by atoms with Crippen LogP contribution in [0.1, 0.15) is 18.7 Å². The van der Waals surface area contributed by atoms with Gasteiger partial charge in [-0.3, -0.25) is 4.90 Å². The smallest absolute Gasteiger partial charge is 0.250 e. The van der Waals surface area contributed by atoms with E-state index >= 15 is 0 Å². The first kappa shape index (κ1) is 20.8. The number of sulfonamides is 1. The number of thiophene rings is 1. The molecular formula is C18H18Cl2N4O3S2. The number of nitrogens with zero attached hydrogens (tertiary/aromatic N) is 3. The summed E-state index contributed by atoms with van der Waals surface area (Å²) in [6.45, 7) is 1.97. The molecule has 154 valence electrons. The van der Waals surface area contributed by atoms with Crippen molar-refractivity contribution in [3.63, 3.8) is 0 Å². The first-order valence-electron chi connectivity index (χ1n) is 8.97. The Morgan fingerprint density at radius 2 is 2.00 bits per heavy atom. The molecule has 0 atom stereocenters.